The molecule has 1 fully saturated rings. The van der Waals surface area contributed by atoms with E-state index in [0.29, 0.717) is 13.0 Å². The lowest BCUT2D eigenvalue weighted by atomic mass is 10.2. The maximum Gasteiger partial charge on any atom is 0.333 e. The molecule has 1 aromatic rings. The molecule has 24 heavy (non-hydrogen) atoms. The van der Waals surface area contributed by atoms with Crippen molar-refractivity contribution in [1.82, 2.24) is 10.2 Å². The van der Waals surface area contributed by atoms with Crippen molar-refractivity contribution in [3.63, 3.8) is 0 Å². The van der Waals surface area contributed by atoms with Crippen LogP contribution in [0.15, 0.2) is 47.2 Å². The Morgan fingerprint density at radius 2 is 2.00 bits per heavy atom. The number of rotatable bonds is 6. The van der Waals surface area contributed by atoms with Gasteiger partial charge in [0.15, 0.2) is 5.96 Å². The molecule has 0 saturated carbocycles. The summed E-state index contributed by atoms with van der Waals surface area (Å²) in [6.07, 6.45) is 5.12. The molecule has 1 heterocycles. The van der Waals surface area contributed by atoms with Crippen molar-refractivity contribution in [1.29, 1.82) is 0 Å². The van der Waals surface area contributed by atoms with Crippen LogP contribution < -0.4 is 21.5 Å². The number of aliphatic imine (C=N–C) groups is 1. The second-order valence-electron chi connectivity index (χ2n) is 4.91. The topological polar surface area (TPSA) is 123 Å². The van der Waals surface area contributed by atoms with Gasteiger partial charge < -0.3 is 21.5 Å². The van der Waals surface area contributed by atoms with Crippen LogP contribution in [0.2, 0.25) is 0 Å². The molecule has 2 rings (SSSR count). The summed E-state index contributed by atoms with van der Waals surface area (Å²) in [7, 11) is 1.58. The van der Waals surface area contributed by atoms with E-state index in [1.165, 1.54) is 6.20 Å². The van der Waals surface area contributed by atoms with Crippen LogP contribution in [-0.2, 0) is 4.79 Å². The molecule has 0 aliphatic carbocycles. The Morgan fingerprint density at radius 1 is 1.29 bits per heavy atom. The highest BCUT2D eigenvalue weighted by Crippen LogP contribution is 2.15. The van der Waals surface area contributed by atoms with Gasteiger partial charge in [0.2, 0.25) is 0 Å². The number of guanidine groups is 1. The van der Waals surface area contributed by atoms with Crippen molar-refractivity contribution >= 4 is 24.0 Å². The fraction of sp³-hybridized carbons (Fsp3) is 0.188. The van der Waals surface area contributed by atoms with E-state index >= 15 is 0 Å². The SMILES string of the molecule is COc1ccc(/C=C/N2C(=O)N/C(=C\CCN=C(N)N)C2=O)cc1. The molecular formula is C16H19N5O3. The van der Waals surface area contributed by atoms with Crippen molar-refractivity contribution in [2.45, 2.75) is 6.42 Å². The molecule has 1 aromatic carbocycles. The first-order valence-electron chi connectivity index (χ1n) is 7.23. The summed E-state index contributed by atoms with van der Waals surface area (Å²) < 4.78 is 5.07. The minimum Gasteiger partial charge on any atom is -0.497 e. The molecule has 0 spiro atoms. The van der Waals surface area contributed by atoms with Crippen molar-refractivity contribution < 1.29 is 14.3 Å². The number of hydrogen-bond donors (Lipinski definition) is 3. The van der Waals surface area contributed by atoms with Crippen molar-refractivity contribution in [3.05, 3.63) is 47.8 Å². The van der Waals surface area contributed by atoms with Crippen LogP contribution in [0.25, 0.3) is 6.08 Å². The average molecular weight is 329 g/mol. The van der Waals surface area contributed by atoms with Gasteiger partial charge in [-0.1, -0.05) is 18.2 Å². The van der Waals surface area contributed by atoms with Crippen molar-refractivity contribution in [2.24, 2.45) is 16.5 Å². The van der Waals surface area contributed by atoms with Gasteiger partial charge in [-0.25, -0.2) is 9.69 Å². The molecule has 1 aliphatic heterocycles. The normalized spacial score (nSPS) is 15.9. The predicted molar refractivity (Wildman–Crippen MR) is 90.8 cm³/mol. The maximum absolute atomic E-state index is 12.2. The number of imide groups is 1. The molecule has 1 aliphatic rings. The Labute approximate surface area is 139 Å². The minimum absolute atomic E-state index is 0.0146. The Balaban J connectivity index is 2.01. The molecule has 0 radical (unpaired) electrons. The third kappa shape index (κ3) is 4.35. The summed E-state index contributed by atoms with van der Waals surface area (Å²) in [5.74, 6) is 0.293. The Bertz CT molecular complexity index is 703. The van der Waals surface area contributed by atoms with Crippen LogP contribution in [0.5, 0.6) is 5.75 Å². The molecule has 5 N–H and O–H groups in total. The fourth-order valence-corrected chi connectivity index (χ4v) is 2.00. The maximum atomic E-state index is 12.2. The molecular weight excluding hydrogens is 310 g/mol. The number of carbonyl (C=O) groups is 2. The zero-order valence-corrected chi connectivity index (χ0v) is 13.2. The summed E-state index contributed by atoms with van der Waals surface area (Å²) in [6, 6.07) is 6.72. The number of benzene rings is 1. The number of nitrogens with two attached hydrogens (primary N) is 2. The molecule has 0 unspecified atom stereocenters. The molecule has 0 bridgehead atoms. The quantitative estimate of drug-likeness (QED) is 0.234. The predicted octanol–water partition coefficient (Wildman–Crippen LogP) is 0.765. The highest BCUT2D eigenvalue weighted by Gasteiger charge is 2.31. The van der Waals surface area contributed by atoms with Gasteiger partial charge in [0, 0.05) is 12.7 Å². The second kappa shape index (κ2) is 7.82. The Kier molecular flexibility index (Phi) is 5.56. The summed E-state index contributed by atoms with van der Waals surface area (Å²) in [4.78, 5) is 28.9. The van der Waals surface area contributed by atoms with E-state index in [9.17, 15) is 9.59 Å². The molecule has 8 nitrogen and oxygen atoms in total. The van der Waals surface area contributed by atoms with Gasteiger partial charge in [0.25, 0.3) is 5.91 Å². The van der Waals surface area contributed by atoms with Gasteiger partial charge >= 0.3 is 6.03 Å². The number of hydrogen-bond acceptors (Lipinski definition) is 4. The standard InChI is InChI=1S/C16H19N5O3/c1-24-12-6-4-11(5-7-12)8-10-21-14(22)13(20-16(21)23)3-2-9-19-15(17)18/h3-8,10H,2,9H2,1H3,(H,20,23)(H4,17,18,19)/b10-8+,13-3-. The first kappa shape index (κ1) is 17.1. The smallest absolute Gasteiger partial charge is 0.333 e. The molecule has 3 amide bonds. The molecule has 8 heteroatoms. The van der Waals surface area contributed by atoms with Gasteiger partial charge in [-0.15, -0.1) is 0 Å². The Morgan fingerprint density at radius 3 is 2.62 bits per heavy atom. The number of amides is 3. The average Bonchev–Trinajstić information content (AvgIpc) is 2.84. The fourth-order valence-electron chi connectivity index (χ4n) is 2.00. The van der Waals surface area contributed by atoms with E-state index in [0.717, 1.165) is 16.2 Å². The number of ether oxygens (including phenoxy) is 1. The van der Waals surface area contributed by atoms with Crippen molar-refractivity contribution in [3.8, 4) is 5.75 Å². The van der Waals surface area contributed by atoms with Crippen LogP contribution in [0.1, 0.15) is 12.0 Å². The van der Waals surface area contributed by atoms with E-state index in [4.69, 9.17) is 16.2 Å². The second-order valence-corrected chi connectivity index (χ2v) is 4.91. The van der Waals surface area contributed by atoms with Crippen LogP contribution >= 0.6 is 0 Å². The minimum atomic E-state index is -0.502. The molecule has 0 aromatic heterocycles. The van der Waals surface area contributed by atoms with Gasteiger partial charge in [-0.2, -0.15) is 0 Å². The Hall–Kier alpha value is -3.29. The molecule has 1 saturated heterocycles. The van der Waals surface area contributed by atoms with Gasteiger partial charge in [-0.05, 0) is 30.2 Å². The summed E-state index contributed by atoms with van der Waals surface area (Å²) in [5.41, 5.74) is 11.5. The van der Waals surface area contributed by atoms with Gasteiger partial charge in [0.1, 0.15) is 11.4 Å². The monoisotopic (exact) mass is 329 g/mol. The number of methoxy groups -OCH3 is 1. The van der Waals surface area contributed by atoms with Crippen molar-refractivity contribution in [2.75, 3.05) is 13.7 Å². The number of urea groups is 1. The zero-order chi connectivity index (χ0) is 17.5. The first-order valence-corrected chi connectivity index (χ1v) is 7.23. The van der Waals surface area contributed by atoms with E-state index in [1.807, 2.05) is 12.1 Å². The number of nitrogens with one attached hydrogen (secondary N) is 1. The van der Waals surface area contributed by atoms with Crippen LogP contribution in [-0.4, -0.2) is 36.5 Å². The highest BCUT2D eigenvalue weighted by molar-refractivity contribution is 6.12. The van der Waals surface area contributed by atoms with E-state index < -0.39 is 11.9 Å². The van der Waals surface area contributed by atoms with Gasteiger partial charge in [0.05, 0.1) is 7.11 Å². The summed E-state index contributed by atoms with van der Waals surface area (Å²) in [5, 5.41) is 2.51. The third-order valence-corrected chi connectivity index (χ3v) is 3.21. The van der Waals surface area contributed by atoms with E-state index in [2.05, 4.69) is 10.3 Å². The first-order chi connectivity index (χ1) is 11.5. The van der Waals surface area contributed by atoms with Gasteiger partial charge in [-0.3, -0.25) is 9.79 Å². The van der Waals surface area contributed by atoms with Crippen LogP contribution in [0.3, 0.4) is 0 Å². The molecule has 126 valence electrons. The lowest BCUT2D eigenvalue weighted by molar-refractivity contribution is -0.121. The largest absolute Gasteiger partial charge is 0.497 e. The summed E-state index contributed by atoms with van der Waals surface area (Å²) >= 11 is 0. The van der Waals surface area contributed by atoms with E-state index in [-0.39, 0.29) is 11.7 Å². The number of nitrogens with zero attached hydrogens (tertiary/aromatic N) is 2. The summed E-state index contributed by atoms with van der Waals surface area (Å²) in [6.45, 7) is 0.344. The lowest BCUT2D eigenvalue weighted by Crippen LogP contribution is -2.24. The zero-order valence-electron chi connectivity index (χ0n) is 13.2. The molecule has 0 atom stereocenters. The van der Waals surface area contributed by atoms with Crippen LogP contribution in [0, 0.1) is 0 Å². The van der Waals surface area contributed by atoms with Crippen LogP contribution in [0.4, 0.5) is 4.79 Å². The number of carbonyl (C=O) groups excluding carboxylic acids is 2. The highest BCUT2D eigenvalue weighted by atomic mass is 16.5. The van der Waals surface area contributed by atoms with E-state index in [1.54, 1.807) is 31.4 Å². The lowest BCUT2D eigenvalue weighted by Gasteiger charge is -2.04. The third-order valence-electron chi connectivity index (χ3n) is 3.21.